The zero-order chi connectivity index (χ0) is 16.7. The Labute approximate surface area is 142 Å². The third-order valence-corrected chi connectivity index (χ3v) is 5.59. The summed E-state index contributed by atoms with van der Waals surface area (Å²) < 4.78 is 7.78. The molecule has 0 radical (unpaired) electrons. The minimum Gasteiger partial charge on any atom is -0.486 e. The van der Waals surface area contributed by atoms with Crippen LogP contribution in [0.25, 0.3) is 0 Å². The highest BCUT2D eigenvalue weighted by Gasteiger charge is 2.34. The van der Waals surface area contributed by atoms with E-state index < -0.39 is 0 Å². The van der Waals surface area contributed by atoms with E-state index in [1.54, 1.807) is 6.07 Å². The van der Waals surface area contributed by atoms with Crippen molar-refractivity contribution in [3.8, 4) is 5.75 Å². The molecule has 24 heavy (non-hydrogen) atoms. The van der Waals surface area contributed by atoms with Gasteiger partial charge in [0.1, 0.15) is 11.9 Å². The molecule has 0 atom stereocenters. The van der Waals surface area contributed by atoms with Gasteiger partial charge in [-0.15, -0.1) is 0 Å². The van der Waals surface area contributed by atoms with E-state index >= 15 is 0 Å². The summed E-state index contributed by atoms with van der Waals surface area (Å²) in [7, 11) is 0. The molecule has 2 saturated carbocycles. The third kappa shape index (κ3) is 3.21. The second-order valence-electron chi connectivity index (χ2n) is 7.67. The summed E-state index contributed by atoms with van der Waals surface area (Å²) in [6.07, 6.45) is 7.87. The first kappa shape index (κ1) is 15.7. The van der Waals surface area contributed by atoms with Crippen molar-refractivity contribution in [3.05, 3.63) is 28.2 Å². The standard InChI is InChI=1S/C19H26N2O3/c1-13-8-16(10-19(23)21(13)15-6-7-15)24-17-11-20(12-17)18(22)9-14-4-2-3-5-14/h8,10,14-15,17H,2-7,9,11-12H2,1H3. The summed E-state index contributed by atoms with van der Waals surface area (Å²) in [5.41, 5.74) is 0.995. The molecule has 2 heterocycles. The number of hydrogen-bond acceptors (Lipinski definition) is 3. The number of aromatic nitrogens is 1. The highest BCUT2D eigenvalue weighted by Crippen LogP contribution is 2.35. The van der Waals surface area contributed by atoms with Gasteiger partial charge in [-0.3, -0.25) is 9.59 Å². The van der Waals surface area contributed by atoms with E-state index in [2.05, 4.69) is 0 Å². The van der Waals surface area contributed by atoms with Crippen LogP contribution in [0.5, 0.6) is 5.75 Å². The monoisotopic (exact) mass is 330 g/mol. The first-order chi connectivity index (χ1) is 11.6. The molecule has 3 fully saturated rings. The van der Waals surface area contributed by atoms with E-state index in [9.17, 15) is 9.59 Å². The molecule has 1 aromatic rings. The Morgan fingerprint density at radius 2 is 1.88 bits per heavy atom. The van der Waals surface area contributed by atoms with Crippen molar-refractivity contribution in [2.45, 2.75) is 64.0 Å². The lowest BCUT2D eigenvalue weighted by molar-refractivity contribution is -0.141. The SMILES string of the molecule is Cc1cc(OC2CN(C(=O)CC3CCCC3)C2)cc(=O)n1C1CC1. The Balaban J connectivity index is 1.30. The lowest BCUT2D eigenvalue weighted by Gasteiger charge is -2.39. The van der Waals surface area contributed by atoms with Crippen LogP contribution in [-0.4, -0.2) is 34.6 Å². The molecule has 1 saturated heterocycles. The molecule has 1 amide bonds. The maximum absolute atomic E-state index is 12.2. The van der Waals surface area contributed by atoms with Gasteiger partial charge in [-0.05, 0) is 44.6 Å². The van der Waals surface area contributed by atoms with Gasteiger partial charge in [-0.25, -0.2) is 0 Å². The lowest BCUT2D eigenvalue weighted by atomic mass is 10.0. The lowest BCUT2D eigenvalue weighted by Crippen LogP contribution is -2.56. The zero-order valence-corrected chi connectivity index (χ0v) is 14.4. The van der Waals surface area contributed by atoms with Crippen LogP contribution in [0.3, 0.4) is 0 Å². The summed E-state index contributed by atoms with van der Waals surface area (Å²) >= 11 is 0. The van der Waals surface area contributed by atoms with Crippen LogP contribution in [0, 0.1) is 12.8 Å². The van der Waals surface area contributed by atoms with Crippen LogP contribution in [0.2, 0.25) is 0 Å². The summed E-state index contributed by atoms with van der Waals surface area (Å²) in [6.45, 7) is 3.26. The molecule has 1 aromatic heterocycles. The van der Waals surface area contributed by atoms with Crippen LogP contribution >= 0.6 is 0 Å². The number of ether oxygens (including phenoxy) is 1. The molecule has 0 aromatic carbocycles. The predicted molar refractivity (Wildman–Crippen MR) is 91.3 cm³/mol. The summed E-state index contributed by atoms with van der Waals surface area (Å²) in [5.74, 6) is 1.50. The quantitative estimate of drug-likeness (QED) is 0.834. The van der Waals surface area contributed by atoms with Gasteiger partial charge in [-0.2, -0.15) is 0 Å². The topological polar surface area (TPSA) is 51.5 Å². The van der Waals surface area contributed by atoms with Gasteiger partial charge in [-0.1, -0.05) is 12.8 Å². The molecule has 5 nitrogen and oxygen atoms in total. The number of pyridine rings is 1. The number of carbonyl (C=O) groups is 1. The summed E-state index contributed by atoms with van der Waals surface area (Å²) in [5, 5.41) is 0. The van der Waals surface area contributed by atoms with Crippen molar-refractivity contribution in [1.82, 2.24) is 9.47 Å². The van der Waals surface area contributed by atoms with Crippen LogP contribution in [0.4, 0.5) is 0 Å². The van der Waals surface area contributed by atoms with Crippen molar-refractivity contribution in [3.63, 3.8) is 0 Å². The molecule has 3 aliphatic rings. The van der Waals surface area contributed by atoms with Gasteiger partial charge >= 0.3 is 0 Å². The third-order valence-electron chi connectivity index (χ3n) is 5.59. The van der Waals surface area contributed by atoms with Gasteiger partial charge in [0.05, 0.1) is 13.1 Å². The molecule has 0 spiro atoms. The number of nitrogens with zero attached hydrogens (tertiary/aromatic N) is 2. The predicted octanol–water partition coefficient (Wildman–Crippen LogP) is 2.66. The van der Waals surface area contributed by atoms with E-state index in [-0.39, 0.29) is 17.6 Å². The van der Waals surface area contributed by atoms with E-state index in [4.69, 9.17) is 4.74 Å². The van der Waals surface area contributed by atoms with E-state index in [1.165, 1.54) is 25.7 Å². The summed E-state index contributed by atoms with van der Waals surface area (Å²) in [6, 6.07) is 3.93. The van der Waals surface area contributed by atoms with Crippen molar-refractivity contribution >= 4 is 5.91 Å². The van der Waals surface area contributed by atoms with Crippen molar-refractivity contribution in [2.24, 2.45) is 5.92 Å². The van der Waals surface area contributed by atoms with Crippen molar-refractivity contribution < 1.29 is 9.53 Å². The fraction of sp³-hybridized carbons (Fsp3) is 0.684. The molecule has 1 aliphatic heterocycles. The normalized spacial score (nSPS) is 21.8. The molecular formula is C19H26N2O3. The molecular weight excluding hydrogens is 304 g/mol. The number of rotatable bonds is 5. The van der Waals surface area contributed by atoms with Gasteiger partial charge < -0.3 is 14.2 Å². The minimum absolute atomic E-state index is 0.0214. The number of carbonyl (C=O) groups excluding carboxylic acids is 1. The van der Waals surface area contributed by atoms with Crippen LogP contribution < -0.4 is 10.3 Å². The van der Waals surface area contributed by atoms with Crippen molar-refractivity contribution in [1.29, 1.82) is 0 Å². The maximum atomic E-state index is 12.2. The largest absolute Gasteiger partial charge is 0.486 e. The molecule has 4 rings (SSSR count). The molecule has 0 unspecified atom stereocenters. The van der Waals surface area contributed by atoms with Gasteiger partial charge in [0.2, 0.25) is 5.91 Å². The Morgan fingerprint density at radius 1 is 1.17 bits per heavy atom. The van der Waals surface area contributed by atoms with Gasteiger partial charge in [0.25, 0.3) is 5.56 Å². The smallest absolute Gasteiger partial charge is 0.254 e. The first-order valence-corrected chi connectivity index (χ1v) is 9.28. The molecule has 2 aliphatic carbocycles. The Bertz CT molecular complexity index is 680. The number of hydrogen-bond donors (Lipinski definition) is 0. The van der Waals surface area contributed by atoms with E-state index in [1.807, 2.05) is 22.5 Å². The van der Waals surface area contributed by atoms with Gasteiger partial charge in [0.15, 0.2) is 0 Å². The fourth-order valence-corrected chi connectivity index (χ4v) is 4.05. The second kappa shape index (κ2) is 6.26. The van der Waals surface area contributed by atoms with Crippen LogP contribution in [0.1, 0.15) is 56.7 Å². The van der Waals surface area contributed by atoms with Crippen LogP contribution in [-0.2, 0) is 4.79 Å². The van der Waals surface area contributed by atoms with Crippen molar-refractivity contribution in [2.75, 3.05) is 13.1 Å². The Morgan fingerprint density at radius 3 is 2.50 bits per heavy atom. The molecule has 130 valence electrons. The van der Waals surface area contributed by atoms with Gasteiger partial charge in [0, 0.05) is 24.2 Å². The number of likely N-dealkylation sites (tertiary alicyclic amines) is 1. The number of amides is 1. The fourth-order valence-electron chi connectivity index (χ4n) is 4.05. The van der Waals surface area contributed by atoms with E-state index in [0.717, 1.165) is 18.5 Å². The molecule has 0 bridgehead atoms. The van der Waals surface area contributed by atoms with E-state index in [0.29, 0.717) is 37.2 Å². The second-order valence-corrected chi connectivity index (χ2v) is 7.67. The zero-order valence-electron chi connectivity index (χ0n) is 14.4. The number of aryl methyl sites for hydroxylation is 1. The average Bonchev–Trinajstić information content (AvgIpc) is 3.18. The maximum Gasteiger partial charge on any atom is 0.254 e. The highest BCUT2D eigenvalue weighted by molar-refractivity contribution is 5.77. The first-order valence-electron chi connectivity index (χ1n) is 9.28. The molecule has 0 N–H and O–H groups in total. The molecule has 5 heteroatoms. The average molecular weight is 330 g/mol. The minimum atomic E-state index is 0.0214. The summed E-state index contributed by atoms with van der Waals surface area (Å²) in [4.78, 5) is 26.3. The van der Waals surface area contributed by atoms with Crippen LogP contribution in [0.15, 0.2) is 16.9 Å². The Kier molecular flexibility index (Phi) is 4.10. The Hall–Kier alpha value is -1.78. The highest BCUT2D eigenvalue weighted by atomic mass is 16.5.